The number of methoxy groups -OCH3 is 1. The smallest absolute Gasteiger partial charge is 0.271 e. The number of hydrazone groups is 1. The van der Waals surface area contributed by atoms with Gasteiger partial charge in [0.15, 0.2) is 0 Å². The summed E-state index contributed by atoms with van der Waals surface area (Å²) in [6.45, 7) is 0. The fourth-order valence-electron chi connectivity index (χ4n) is 1.67. The van der Waals surface area contributed by atoms with E-state index in [1.807, 2.05) is 6.07 Å². The Hall–Kier alpha value is -2.40. The quantitative estimate of drug-likeness (QED) is 0.483. The zero-order valence-corrected chi connectivity index (χ0v) is 13.9. The largest absolute Gasteiger partial charge is 0.496 e. The van der Waals surface area contributed by atoms with E-state index >= 15 is 0 Å². The Labute approximate surface area is 141 Å². The predicted octanol–water partition coefficient (Wildman–Crippen LogP) is 2.94. The van der Waals surface area contributed by atoms with Crippen LogP contribution in [0.15, 0.2) is 47.6 Å². The number of carbonyl (C=O) groups excluding carboxylic acids is 1. The molecule has 0 heterocycles. The van der Waals surface area contributed by atoms with Crippen LogP contribution >= 0.6 is 22.6 Å². The Morgan fingerprint density at radius 3 is 2.68 bits per heavy atom. The predicted molar refractivity (Wildman–Crippen MR) is 91.9 cm³/mol. The lowest BCUT2D eigenvalue weighted by atomic mass is 10.2. The van der Waals surface area contributed by atoms with Crippen LogP contribution in [0.25, 0.3) is 0 Å². The molecule has 0 bridgehead atoms. The average molecular weight is 405 g/mol. The van der Waals surface area contributed by atoms with Gasteiger partial charge in [-0.05, 0) is 58.5 Å². The van der Waals surface area contributed by atoms with Gasteiger partial charge in [0.1, 0.15) is 5.75 Å². The summed E-state index contributed by atoms with van der Waals surface area (Å²) in [7, 11) is 1.56. The minimum Gasteiger partial charge on any atom is -0.496 e. The second-order valence-electron chi connectivity index (χ2n) is 4.28. The summed E-state index contributed by atoms with van der Waals surface area (Å²) in [5, 5.41) is 12.6. The number of benzene rings is 2. The summed E-state index contributed by atoms with van der Waals surface area (Å²) in [6.07, 6.45) is 1.52. The van der Waals surface area contributed by atoms with Crippen LogP contribution in [-0.4, -0.2) is 19.2 Å². The molecule has 0 aromatic heterocycles. The monoisotopic (exact) mass is 405 g/mol. The number of hydrogen-bond donors (Lipinski definition) is 1. The summed E-state index contributed by atoms with van der Waals surface area (Å²) in [6, 6.07) is 14.1. The number of halogens is 1. The molecule has 22 heavy (non-hydrogen) atoms. The van der Waals surface area contributed by atoms with E-state index in [9.17, 15) is 4.79 Å². The van der Waals surface area contributed by atoms with E-state index in [-0.39, 0.29) is 5.91 Å². The molecule has 2 rings (SSSR count). The van der Waals surface area contributed by atoms with Gasteiger partial charge in [-0.25, -0.2) is 5.43 Å². The molecule has 5 nitrogen and oxygen atoms in total. The van der Waals surface area contributed by atoms with Gasteiger partial charge in [0, 0.05) is 5.56 Å². The first-order valence-corrected chi connectivity index (χ1v) is 7.39. The Balaban J connectivity index is 2.02. The lowest BCUT2D eigenvalue weighted by Gasteiger charge is -2.05. The van der Waals surface area contributed by atoms with Gasteiger partial charge < -0.3 is 4.74 Å². The van der Waals surface area contributed by atoms with Gasteiger partial charge in [0.05, 0.1) is 28.5 Å². The number of amides is 1. The third-order valence-electron chi connectivity index (χ3n) is 2.83. The standard InChI is InChI=1S/C16H12IN3O2/c1-22-15-8-13(6-7-14(15)17)16(21)20-19-10-12-4-2-11(9-18)3-5-12/h2-8,10H,1H3,(H,20,21)/b19-10-. The minimum atomic E-state index is -0.320. The van der Waals surface area contributed by atoms with Crippen molar-refractivity contribution in [2.75, 3.05) is 7.11 Å². The van der Waals surface area contributed by atoms with Crippen LogP contribution in [0.2, 0.25) is 0 Å². The lowest BCUT2D eigenvalue weighted by Crippen LogP contribution is -2.17. The molecule has 0 radical (unpaired) electrons. The van der Waals surface area contributed by atoms with E-state index in [1.54, 1.807) is 49.6 Å². The van der Waals surface area contributed by atoms with Gasteiger partial charge in [-0.2, -0.15) is 10.4 Å². The fraction of sp³-hybridized carbons (Fsp3) is 0.0625. The molecule has 1 N–H and O–H groups in total. The maximum absolute atomic E-state index is 12.0. The van der Waals surface area contributed by atoms with E-state index in [0.29, 0.717) is 16.9 Å². The van der Waals surface area contributed by atoms with E-state index in [4.69, 9.17) is 10.00 Å². The Kier molecular flexibility index (Phi) is 5.49. The van der Waals surface area contributed by atoms with E-state index < -0.39 is 0 Å². The highest BCUT2D eigenvalue weighted by Crippen LogP contribution is 2.21. The Morgan fingerprint density at radius 1 is 1.32 bits per heavy atom. The van der Waals surface area contributed by atoms with Crippen molar-refractivity contribution in [3.05, 3.63) is 62.7 Å². The number of nitrogens with one attached hydrogen (secondary N) is 1. The first-order valence-electron chi connectivity index (χ1n) is 6.31. The molecule has 0 atom stereocenters. The number of rotatable bonds is 4. The number of hydrogen-bond acceptors (Lipinski definition) is 4. The molecule has 2 aromatic carbocycles. The number of carbonyl (C=O) groups is 1. The molecule has 0 saturated heterocycles. The summed E-state index contributed by atoms with van der Waals surface area (Å²) in [5.41, 5.74) is 4.29. The van der Waals surface area contributed by atoms with Crippen LogP contribution in [0, 0.1) is 14.9 Å². The number of ether oxygens (including phenoxy) is 1. The maximum atomic E-state index is 12.0. The second-order valence-corrected chi connectivity index (χ2v) is 5.44. The average Bonchev–Trinajstić information content (AvgIpc) is 2.55. The van der Waals surface area contributed by atoms with Crippen LogP contribution in [0.1, 0.15) is 21.5 Å². The summed E-state index contributed by atoms with van der Waals surface area (Å²) < 4.78 is 6.11. The first kappa shape index (κ1) is 16.0. The van der Waals surface area contributed by atoms with Gasteiger partial charge in [0.25, 0.3) is 5.91 Å². The molecule has 0 aliphatic heterocycles. The molecular weight excluding hydrogens is 393 g/mol. The van der Waals surface area contributed by atoms with Crippen molar-refractivity contribution in [2.45, 2.75) is 0 Å². The van der Waals surface area contributed by atoms with Crippen molar-refractivity contribution >= 4 is 34.7 Å². The topological polar surface area (TPSA) is 74.5 Å². The molecule has 2 aromatic rings. The summed E-state index contributed by atoms with van der Waals surface area (Å²) in [4.78, 5) is 12.0. The highest BCUT2D eigenvalue weighted by atomic mass is 127. The molecule has 0 fully saturated rings. The maximum Gasteiger partial charge on any atom is 0.271 e. The zero-order chi connectivity index (χ0) is 15.9. The highest BCUT2D eigenvalue weighted by molar-refractivity contribution is 14.1. The molecule has 0 aliphatic carbocycles. The van der Waals surface area contributed by atoms with Crippen LogP contribution in [-0.2, 0) is 0 Å². The SMILES string of the molecule is COc1cc(C(=O)N/N=C\c2ccc(C#N)cc2)ccc1I. The molecule has 6 heteroatoms. The molecule has 0 aliphatic rings. The molecule has 0 unspecified atom stereocenters. The van der Waals surface area contributed by atoms with Crippen LogP contribution in [0.3, 0.4) is 0 Å². The number of nitrogens with zero attached hydrogens (tertiary/aromatic N) is 2. The van der Waals surface area contributed by atoms with E-state index in [2.05, 4.69) is 33.1 Å². The molecular formula is C16H12IN3O2. The van der Waals surface area contributed by atoms with Crippen molar-refractivity contribution in [1.29, 1.82) is 5.26 Å². The van der Waals surface area contributed by atoms with E-state index in [0.717, 1.165) is 9.13 Å². The molecule has 0 saturated carbocycles. The van der Waals surface area contributed by atoms with Crippen LogP contribution in [0.4, 0.5) is 0 Å². The first-order chi connectivity index (χ1) is 10.6. The Morgan fingerprint density at radius 2 is 2.05 bits per heavy atom. The van der Waals surface area contributed by atoms with Crippen molar-refractivity contribution < 1.29 is 9.53 Å². The van der Waals surface area contributed by atoms with Crippen molar-refractivity contribution in [3.8, 4) is 11.8 Å². The lowest BCUT2D eigenvalue weighted by molar-refractivity contribution is 0.0955. The number of nitriles is 1. The summed E-state index contributed by atoms with van der Waals surface area (Å²) in [5.74, 6) is 0.323. The minimum absolute atomic E-state index is 0.320. The summed E-state index contributed by atoms with van der Waals surface area (Å²) >= 11 is 2.13. The van der Waals surface area contributed by atoms with Crippen LogP contribution in [0.5, 0.6) is 5.75 Å². The Bertz CT molecular complexity index is 749. The van der Waals surface area contributed by atoms with Gasteiger partial charge in [-0.15, -0.1) is 0 Å². The van der Waals surface area contributed by atoms with Crippen LogP contribution < -0.4 is 10.2 Å². The van der Waals surface area contributed by atoms with Gasteiger partial charge in [-0.1, -0.05) is 12.1 Å². The van der Waals surface area contributed by atoms with Gasteiger partial charge in [-0.3, -0.25) is 4.79 Å². The third kappa shape index (κ3) is 4.05. The molecule has 110 valence electrons. The van der Waals surface area contributed by atoms with Gasteiger partial charge in [0.2, 0.25) is 0 Å². The van der Waals surface area contributed by atoms with Gasteiger partial charge >= 0.3 is 0 Å². The van der Waals surface area contributed by atoms with Crippen molar-refractivity contribution in [2.24, 2.45) is 5.10 Å². The van der Waals surface area contributed by atoms with Crippen molar-refractivity contribution in [3.63, 3.8) is 0 Å². The van der Waals surface area contributed by atoms with Crippen molar-refractivity contribution in [1.82, 2.24) is 5.43 Å². The zero-order valence-electron chi connectivity index (χ0n) is 11.7. The normalized spacial score (nSPS) is 10.2. The van der Waals surface area contributed by atoms with E-state index in [1.165, 1.54) is 6.21 Å². The second kappa shape index (κ2) is 7.56. The molecule has 1 amide bonds. The molecule has 0 spiro atoms. The fourth-order valence-corrected chi connectivity index (χ4v) is 2.23. The third-order valence-corrected chi connectivity index (χ3v) is 3.72. The highest BCUT2D eigenvalue weighted by Gasteiger charge is 2.08.